The molecule has 42 heavy (non-hydrogen) atoms. The molecule has 0 bridgehead atoms. The minimum absolute atomic E-state index is 0.0383. The minimum atomic E-state index is -0.912. The van der Waals surface area contributed by atoms with Gasteiger partial charge in [-0.1, -0.05) is 25.5 Å². The third kappa shape index (κ3) is 6.60. The van der Waals surface area contributed by atoms with Gasteiger partial charge in [0.25, 0.3) is 0 Å². The first kappa shape index (κ1) is 30.4. The van der Waals surface area contributed by atoms with Crippen molar-refractivity contribution in [3.8, 4) is 0 Å². The van der Waals surface area contributed by atoms with Crippen LogP contribution in [-0.4, -0.2) is 76.9 Å². The molecule has 0 radical (unpaired) electrons. The van der Waals surface area contributed by atoms with Crippen molar-refractivity contribution in [1.82, 2.24) is 20.9 Å². The topological polar surface area (TPSA) is 177 Å². The highest BCUT2D eigenvalue weighted by Gasteiger charge is 2.54. The van der Waals surface area contributed by atoms with Crippen molar-refractivity contribution in [2.75, 3.05) is 18.9 Å². The average Bonchev–Trinajstić information content (AvgIpc) is 3.58. The van der Waals surface area contributed by atoms with Gasteiger partial charge in [-0.2, -0.15) is 11.8 Å². The molecule has 5 aliphatic rings. The first-order valence-corrected chi connectivity index (χ1v) is 16.1. The lowest BCUT2D eigenvalue weighted by atomic mass is 9.73. The number of rotatable bonds is 10. The van der Waals surface area contributed by atoms with Crippen molar-refractivity contribution in [3.05, 3.63) is 12.2 Å². The van der Waals surface area contributed by atoms with E-state index in [1.54, 1.807) is 0 Å². The van der Waals surface area contributed by atoms with Crippen LogP contribution in [0.1, 0.15) is 58.3 Å². The Hall–Kier alpha value is -3.09. The zero-order valence-electron chi connectivity index (χ0n) is 23.9. The minimum Gasteiger partial charge on any atom is -0.449 e. The van der Waals surface area contributed by atoms with E-state index in [4.69, 9.17) is 10.5 Å². The molecule has 12 nitrogen and oxygen atoms in total. The fourth-order valence-corrected chi connectivity index (χ4v) is 8.84. The van der Waals surface area contributed by atoms with Gasteiger partial charge < -0.3 is 21.1 Å². The molecule has 13 heteroatoms. The maximum atomic E-state index is 13.3. The van der Waals surface area contributed by atoms with E-state index in [2.05, 4.69) is 16.0 Å². The summed E-state index contributed by atoms with van der Waals surface area (Å²) < 4.78 is 4.95. The molecule has 7 amide bonds. The van der Waals surface area contributed by atoms with Gasteiger partial charge in [-0.25, -0.2) is 9.59 Å². The summed E-state index contributed by atoms with van der Waals surface area (Å²) in [6.45, 7) is 2.19. The number of fused-ring (bicyclic) bond motifs is 2. The van der Waals surface area contributed by atoms with Crippen LogP contribution in [0.4, 0.5) is 9.59 Å². The van der Waals surface area contributed by atoms with E-state index in [9.17, 15) is 28.8 Å². The summed E-state index contributed by atoms with van der Waals surface area (Å²) >= 11 is 1.85. The predicted molar refractivity (Wildman–Crippen MR) is 154 cm³/mol. The number of hydrogen-bond acceptors (Lipinski definition) is 8. The number of thioether (sulfide) groups is 1. The Bertz CT molecular complexity index is 1140. The van der Waals surface area contributed by atoms with E-state index in [-0.39, 0.29) is 72.5 Å². The van der Waals surface area contributed by atoms with Crippen LogP contribution in [0.2, 0.25) is 0 Å². The number of carbonyl (C=O) groups excluding carboxylic acids is 6. The Labute approximate surface area is 249 Å². The molecule has 4 unspecified atom stereocenters. The number of carbonyl (C=O) groups is 6. The van der Waals surface area contributed by atoms with Crippen molar-refractivity contribution in [3.63, 3.8) is 0 Å². The van der Waals surface area contributed by atoms with Gasteiger partial charge in [-0.05, 0) is 50.4 Å². The van der Waals surface area contributed by atoms with Gasteiger partial charge >= 0.3 is 12.1 Å². The van der Waals surface area contributed by atoms with Gasteiger partial charge in [-0.3, -0.25) is 29.4 Å². The molecule has 0 aromatic heterocycles. The summed E-state index contributed by atoms with van der Waals surface area (Å²) in [5.74, 6) is -1.73. The van der Waals surface area contributed by atoms with E-state index in [0.717, 1.165) is 18.6 Å². The number of likely N-dealkylation sites (tertiary alicyclic amines) is 1. The summed E-state index contributed by atoms with van der Waals surface area (Å²) in [6.07, 6.45) is 8.14. The number of nitrogens with zero attached hydrogens (tertiary/aromatic N) is 1. The van der Waals surface area contributed by atoms with Gasteiger partial charge in [0, 0.05) is 35.8 Å². The molecule has 0 spiro atoms. The lowest BCUT2D eigenvalue weighted by Crippen LogP contribution is -2.40. The highest BCUT2D eigenvalue weighted by Crippen LogP contribution is 2.43. The average molecular weight is 604 g/mol. The van der Waals surface area contributed by atoms with E-state index in [1.165, 1.54) is 4.90 Å². The smallest absolute Gasteiger partial charge is 0.404 e. The summed E-state index contributed by atoms with van der Waals surface area (Å²) in [7, 11) is 0. The summed E-state index contributed by atoms with van der Waals surface area (Å²) in [5, 5.41) is 8.82. The van der Waals surface area contributed by atoms with Crippen molar-refractivity contribution in [2.45, 2.75) is 75.6 Å². The van der Waals surface area contributed by atoms with E-state index in [0.29, 0.717) is 43.9 Å². The Balaban J connectivity index is 1.02. The van der Waals surface area contributed by atoms with Gasteiger partial charge in [0.15, 0.2) is 0 Å². The molecule has 5 rings (SSSR count). The van der Waals surface area contributed by atoms with Crippen LogP contribution in [0.25, 0.3) is 0 Å². The molecule has 3 heterocycles. The monoisotopic (exact) mass is 603 g/mol. The molecule has 3 saturated heterocycles. The number of nitrogens with one attached hydrogen (secondary N) is 3. The van der Waals surface area contributed by atoms with Crippen LogP contribution < -0.4 is 21.7 Å². The van der Waals surface area contributed by atoms with Gasteiger partial charge in [0.2, 0.25) is 23.6 Å². The second kappa shape index (κ2) is 13.0. The van der Waals surface area contributed by atoms with Crippen molar-refractivity contribution < 1.29 is 33.5 Å². The number of nitrogens with two attached hydrogens (primary N) is 1. The highest BCUT2D eigenvalue weighted by atomic mass is 32.2. The van der Waals surface area contributed by atoms with Crippen LogP contribution in [0, 0.1) is 35.5 Å². The van der Waals surface area contributed by atoms with Crippen molar-refractivity contribution in [2.24, 2.45) is 41.2 Å². The Morgan fingerprint density at radius 3 is 2.52 bits per heavy atom. The zero-order chi connectivity index (χ0) is 30.0. The number of primary amides is 1. The molecule has 2 aliphatic carbocycles. The summed E-state index contributed by atoms with van der Waals surface area (Å²) in [5.41, 5.74) is 5.10. The van der Waals surface area contributed by atoms with Crippen LogP contribution in [0.15, 0.2) is 12.2 Å². The largest absolute Gasteiger partial charge is 0.449 e. The first-order valence-electron chi connectivity index (χ1n) is 15.1. The molecule has 1 saturated carbocycles. The number of hydrogen-bond donors (Lipinski definition) is 4. The van der Waals surface area contributed by atoms with Gasteiger partial charge in [0.1, 0.15) is 6.61 Å². The maximum absolute atomic E-state index is 13.3. The number of allylic oxidation sites excluding steroid dienone is 1. The van der Waals surface area contributed by atoms with Crippen LogP contribution >= 0.6 is 11.8 Å². The normalized spacial score (nSPS) is 35.3. The third-order valence-corrected chi connectivity index (χ3v) is 11.1. The number of imide groups is 2. The van der Waals surface area contributed by atoms with Gasteiger partial charge in [0.05, 0.1) is 23.9 Å². The zero-order valence-corrected chi connectivity index (χ0v) is 24.7. The highest BCUT2D eigenvalue weighted by molar-refractivity contribution is 8.00. The van der Waals surface area contributed by atoms with E-state index < -0.39 is 23.8 Å². The maximum Gasteiger partial charge on any atom is 0.404 e. The second-order valence-corrected chi connectivity index (χ2v) is 13.6. The number of amides is 7. The first-order chi connectivity index (χ1) is 20.1. The lowest BCUT2D eigenvalue weighted by Gasteiger charge is -2.30. The summed E-state index contributed by atoms with van der Waals surface area (Å²) in [4.78, 5) is 75.8. The SMILES string of the molecule is CC1C=CC(COC(N)=O)C2C(=O)N(CC3CCC(C(=O)NC(=O)CCCC[C@@H]4SC[C@@H]5NC(=O)N[C@@H]54)CC3)C(=O)C12. The van der Waals surface area contributed by atoms with Crippen LogP contribution in [0.3, 0.4) is 0 Å². The van der Waals surface area contributed by atoms with Gasteiger partial charge in [-0.15, -0.1) is 0 Å². The summed E-state index contributed by atoms with van der Waals surface area (Å²) in [6, 6.07) is 0.235. The number of ether oxygens (including phenoxy) is 1. The molecule has 3 aliphatic heterocycles. The van der Waals surface area contributed by atoms with Crippen molar-refractivity contribution in [1.29, 1.82) is 0 Å². The molecule has 230 valence electrons. The number of urea groups is 1. The quantitative estimate of drug-likeness (QED) is 0.126. The molecule has 5 N–H and O–H groups in total. The fraction of sp³-hybridized carbons (Fsp3) is 0.724. The Morgan fingerprint density at radius 1 is 1.05 bits per heavy atom. The predicted octanol–water partition coefficient (Wildman–Crippen LogP) is 1.68. The third-order valence-electron chi connectivity index (χ3n) is 9.60. The van der Waals surface area contributed by atoms with Crippen molar-refractivity contribution >= 4 is 47.5 Å². The second-order valence-electron chi connectivity index (χ2n) is 12.4. The Kier molecular flexibility index (Phi) is 9.44. The molecule has 0 aromatic carbocycles. The number of unbranched alkanes of at least 4 members (excludes halogenated alkanes) is 1. The molecule has 7 atom stereocenters. The molecular formula is C29H41N5O7S. The standard InChI is InChI=1S/C29H41N5O7S/c1-15-6-9-18(13-41-28(30)39)23-22(15)26(37)34(27(23)38)12-16-7-10-17(11-8-16)25(36)32-21(35)5-3-2-4-20-24-19(14-42-20)31-29(40)33-24/h6,9,15-20,22-24H,2-5,7-8,10-14H2,1H3,(H2,30,39)(H2,31,33,40)(H,32,35,36)/t15?,16?,17?,18?,19-,20-,22?,23?,24-/m0/s1. The van der Waals surface area contributed by atoms with Crippen LogP contribution in [-0.2, 0) is 23.9 Å². The van der Waals surface area contributed by atoms with Crippen LogP contribution in [0.5, 0.6) is 0 Å². The Morgan fingerprint density at radius 2 is 1.79 bits per heavy atom. The lowest BCUT2D eigenvalue weighted by molar-refractivity contribution is -0.142. The molecular weight excluding hydrogens is 562 g/mol. The molecule has 0 aromatic rings. The van der Waals surface area contributed by atoms with E-state index >= 15 is 0 Å². The molecule has 4 fully saturated rings. The van der Waals surface area contributed by atoms with E-state index in [1.807, 2.05) is 30.8 Å². The fourth-order valence-electron chi connectivity index (χ4n) is 7.29.